The Morgan fingerprint density at radius 3 is 1.67 bits per heavy atom. The number of nitrogens with zero attached hydrogens (tertiary/aromatic N) is 5. The second-order valence-corrected chi connectivity index (χ2v) is 28.5. The average Bonchev–Trinajstić information content (AvgIpc) is 3.78. The number of aromatic nitrogens is 4. The highest BCUT2D eigenvalue weighted by Gasteiger charge is 2.19. The van der Waals surface area contributed by atoms with Gasteiger partial charge in [-0.05, 0) is 56.8 Å². The van der Waals surface area contributed by atoms with Crippen molar-refractivity contribution in [2.75, 3.05) is 13.2 Å². The number of rotatable bonds is 19. The van der Waals surface area contributed by atoms with Crippen molar-refractivity contribution >= 4 is 22.1 Å². The summed E-state index contributed by atoms with van der Waals surface area (Å²) in [5.41, 5.74) is 4.38. The predicted octanol–water partition coefficient (Wildman–Crippen LogP) is 9.22. The Bertz CT molecular complexity index is 1800. The number of imidazole rings is 2. The highest BCUT2D eigenvalue weighted by atomic mass is 28.3. The SMILES string of the molecule is CC(C)(C)OC(=O)CCCC(O)c1ccccc1-c1cn(COCC[Si](C)(C)C)cn1.C[Si](C)(C)CCOCn1cnc(-c2ccccc2C(O)CC#N)c1. The van der Waals surface area contributed by atoms with Gasteiger partial charge in [-0.2, -0.15) is 5.26 Å². The summed E-state index contributed by atoms with van der Waals surface area (Å²) in [7, 11) is -2.17. The van der Waals surface area contributed by atoms with Crippen LogP contribution in [0.5, 0.6) is 0 Å². The number of carbonyl (C=O) groups excluding carboxylic acids is 1. The van der Waals surface area contributed by atoms with E-state index >= 15 is 0 Å². The standard InChI is InChI=1S/C24H38N2O4Si.C18H25N3O2Si/c1-24(2,3)30-23(28)13-9-12-22(27)20-11-8-7-10-19(20)21-16-26(17-25-21)18-29-14-15-31(4,5)6;1-24(2,3)11-10-23-14-21-12-17(20-13-21)15-6-4-5-7-16(15)18(22)8-9-19/h7-8,10-11,16-17,22,27H,9,12-15,18H2,1-6H3;4-7,12-13,18,22H,8,10-11,14H2,1-3H3. The van der Waals surface area contributed by atoms with Crippen LogP contribution in [0.4, 0.5) is 0 Å². The van der Waals surface area contributed by atoms with Crippen LogP contribution in [-0.2, 0) is 32.5 Å². The zero-order valence-corrected chi connectivity index (χ0v) is 36.4. The van der Waals surface area contributed by atoms with E-state index in [9.17, 15) is 15.0 Å². The number of ether oxygens (including phenoxy) is 3. The van der Waals surface area contributed by atoms with Crippen LogP contribution >= 0.6 is 0 Å². The third-order valence-corrected chi connectivity index (χ3v) is 11.9. The molecular weight excluding hydrogens is 727 g/mol. The number of hydrogen-bond donors (Lipinski definition) is 2. The number of hydrogen-bond acceptors (Lipinski definition) is 9. The molecule has 2 unspecified atom stereocenters. The monoisotopic (exact) mass is 789 g/mol. The molecule has 0 bridgehead atoms. The Morgan fingerprint density at radius 1 is 0.782 bits per heavy atom. The summed E-state index contributed by atoms with van der Waals surface area (Å²) >= 11 is 0. The molecule has 2 atom stereocenters. The Labute approximate surface area is 330 Å². The van der Waals surface area contributed by atoms with Crippen molar-refractivity contribution in [3.05, 3.63) is 84.7 Å². The van der Waals surface area contributed by atoms with E-state index in [4.69, 9.17) is 19.5 Å². The Balaban J connectivity index is 0.000000305. The maximum Gasteiger partial charge on any atom is 0.306 e. The molecule has 2 N–H and O–H groups in total. The quantitative estimate of drug-likeness (QED) is 0.0540. The van der Waals surface area contributed by atoms with Crippen molar-refractivity contribution < 1.29 is 29.2 Å². The van der Waals surface area contributed by atoms with Crippen LogP contribution in [0.3, 0.4) is 0 Å². The molecular formula is C42H63N5O6Si2. The van der Waals surface area contributed by atoms with Crippen LogP contribution in [0.1, 0.15) is 69.8 Å². The lowest BCUT2D eigenvalue weighted by Crippen LogP contribution is -2.23. The highest BCUT2D eigenvalue weighted by Crippen LogP contribution is 2.31. The Kier molecular flexibility index (Phi) is 17.7. The molecule has 300 valence electrons. The van der Waals surface area contributed by atoms with Gasteiger partial charge in [-0.25, -0.2) is 9.97 Å². The maximum atomic E-state index is 11.9. The highest BCUT2D eigenvalue weighted by molar-refractivity contribution is 6.76. The summed E-state index contributed by atoms with van der Waals surface area (Å²) in [6, 6.07) is 19.5. The first kappa shape index (κ1) is 45.5. The summed E-state index contributed by atoms with van der Waals surface area (Å²) in [6.07, 6.45) is 7.28. The Morgan fingerprint density at radius 2 is 1.24 bits per heavy atom. The van der Waals surface area contributed by atoms with Crippen LogP contribution in [0.15, 0.2) is 73.6 Å². The van der Waals surface area contributed by atoms with Gasteiger partial charge in [0.25, 0.3) is 0 Å². The van der Waals surface area contributed by atoms with Gasteiger partial charge in [0.1, 0.15) is 19.1 Å². The van der Waals surface area contributed by atoms with Gasteiger partial charge < -0.3 is 33.6 Å². The van der Waals surface area contributed by atoms with Gasteiger partial charge in [0.2, 0.25) is 0 Å². The first-order valence-electron chi connectivity index (χ1n) is 19.2. The summed E-state index contributed by atoms with van der Waals surface area (Å²) in [5, 5.41) is 29.7. The van der Waals surface area contributed by atoms with Crippen LogP contribution in [0.2, 0.25) is 51.4 Å². The molecule has 0 amide bonds. The lowest BCUT2D eigenvalue weighted by Gasteiger charge is -2.20. The predicted molar refractivity (Wildman–Crippen MR) is 223 cm³/mol. The van der Waals surface area contributed by atoms with Gasteiger partial charge in [0.15, 0.2) is 0 Å². The first-order valence-corrected chi connectivity index (χ1v) is 26.6. The van der Waals surface area contributed by atoms with Crippen LogP contribution in [-0.4, -0.2) is 70.2 Å². The molecule has 0 aliphatic carbocycles. The van der Waals surface area contributed by atoms with Gasteiger partial charge in [-0.15, -0.1) is 0 Å². The number of esters is 1. The van der Waals surface area contributed by atoms with Gasteiger partial charge in [-0.3, -0.25) is 4.79 Å². The fourth-order valence-electron chi connectivity index (χ4n) is 5.46. The zero-order valence-electron chi connectivity index (χ0n) is 34.4. The molecule has 0 aliphatic heterocycles. The van der Waals surface area contributed by atoms with E-state index in [1.807, 2.05) is 96.9 Å². The second kappa shape index (κ2) is 21.4. The molecule has 0 spiro atoms. The summed E-state index contributed by atoms with van der Waals surface area (Å²) < 4.78 is 20.7. The van der Waals surface area contributed by atoms with Crippen molar-refractivity contribution in [2.24, 2.45) is 0 Å². The minimum Gasteiger partial charge on any atom is -0.460 e. The van der Waals surface area contributed by atoms with Crippen molar-refractivity contribution in [1.82, 2.24) is 19.1 Å². The van der Waals surface area contributed by atoms with E-state index in [0.29, 0.717) is 32.7 Å². The topological polar surface area (TPSA) is 145 Å². The summed E-state index contributed by atoms with van der Waals surface area (Å²) in [4.78, 5) is 20.8. The van der Waals surface area contributed by atoms with Gasteiger partial charge >= 0.3 is 5.97 Å². The lowest BCUT2D eigenvalue weighted by atomic mass is 9.97. The van der Waals surface area contributed by atoms with Crippen LogP contribution < -0.4 is 0 Å². The molecule has 55 heavy (non-hydrogen) atoms. The largest absolute Gasteiger partial charge is 0.460 e. The third kappa shape index (κ3) is 17.2. The molecule has 0 saturated carbocycles. The van der Waals surface area contributed by atoms with Crippen molar-refractivity contribution in [2.45, 2.75) is 129 Å². The molecule has 0 saturated heterocycles. The molecule has 0 fully saturated rings. The molecule has 2 aromatic carbocycles. The third-order valence-electron chi connectivity index (χ3n) is 8.49. The number of aliphatic hydroxyl groups is 2. The lowest BCUT2D eigenvalue weighted by molar-refractivity contribution is -0.155. The fraction of sp³-hybridized carbons (Fsp3) is 0.524. The smallest absolute Gasteiger partial charge is 0.306 e. The second-order valence-electron chi connectivity index (χ2n) is 17.3. The summed E-state index contributed by atoms with van der Waals surface area (Å²) in [5.74, 6) is -0.235. The van der Waals surface area contributed by atoms with Crippen molar-refractivity contribution in [3.8, 4) is 28.6 Å². The molecule has 11 nitrogen and oxygen atoms in total. The number of carbonyl (C=O) groups is 1. The van der Waals surface area contributed by atoms with E-state index < -0.39 is 34.0 Å². The van der Waals surface area contributed by atoms with Crippen molar-refractivity contribution in [1.29, 1.82) is 5.26 Å². The van der Waals surface area contributed by atoms with Gasteiger partial charge in [0.05, 0.1) is 48.7 Å². The molecule has 4 rings (SSSR count). The van der Waals surface area contributed by atoms with Crippen molar-refractivity contribution in [3.63, 3.8) is 0 Å². The first-order chi connectivity index (χ1) is 25.8. The van der Waals surface area contributed by atoms with E-state index in [0.717, 1.165) is 58.9 Å². The molecule has 4 aromatic rings. The van der Waals surface area contributed by atoms with E-state index in [-0.39, 0.29) is 12.4 Å². The van der Waals surface area contributed by atoms with Crippen LogP contribution in [0, 0.1) is 11.3 Å². The normalized spacial score (nSPS) is 13.1. The minimum atomic E-state index is -1.10. The molecule has 0 radical (unpaired) electrons. The van der Waals surface area contributed by atoms with E-state index in [2.05, 4.69) is 49.3 Å². The Hall–Kier alpha value is -3.91. The average molecular weight is 790 g/mol. The number of nitriles is 1. The minimum absolute atomic E-state index is 0.0670. The molecule has 2 heterocycles. The number of aliphatic hydroxyl groups excluding tert-OH is 2. The fourth-order valence-corrected chi connectivity index (χ4v) is 6.98. The van der Waals surface area contributed by atoms with E-state index in [1.165, 1.54) is 0 Å². The van der Waals surface area contributed by atoms with Gasteiger partial charge in [0, 0.05) is 59.3 Å². The summed E-state index contributed by atoms with van der Waals surface area (Å²) in [6.45, 7) is 22.0. The molecule has 0 aliphatic rings. The van der Waals surface area contributed by atoms with E-state index in [1.54, 1.807) is 12.7 Å². The van der Waals surface area contributed by atoms with Gasteiger partial charge in [-0.1, -0.05) is 87.8 Å². The van der Waals surface area contributed by atoms with Crippen LogP contribution in [0.25, 0.3) is 22.5 Å². The molecule has 2 aromatic heterocycles. The molecule has 13 heteroatoms. The zero-order chi connectivity index (χ0) is 40.6. The maximum absolute atomic E-state index is 11.9. The number of benzene rings is 2.